The Kier molecular flexibility index (Phi) is 2.71. The second-order valence-electron chi connectivity index (χ2n) is 4.21. The molecule has 1 aliphatic rings. The van der Waals surface area contributed by atoms with Gasteiger partial charge in [-0.15, -0.1) is 0 Å². The molecule has 1 aliphatic carbocycles. The number of aromatic nitrogens is 1. The Morgan fingerprint density at radius 3 is 2.67 bits per heavy atom. The zero-order valence-electron chi connectivity index (χ0n) is 8.86. The molecule has 0 bridgehead atoms. The lowest BCUT2D eigenvalue weighted by atomic mass is 9.97. The maximum absolute atomic E-state index is 10.9. The summed E-state index contributed by atoms with van der Waals surface area (Å²) in [6, 6.07) is 3.74. The van der Waals surface area contributed by atoms with E-state index >= 15 is 0 Å². The number of rotatable bonds is 2. The summed E-state index contributed by atoms with van der Waals surface area (Å²) >= 11 is 0. The molecular formula is C12H15NO2. The third-order valence-corrected chi connectivity index (χ3v) is 3.02. The van der Waals surface area contributed by atoms with Crippen molar-refractivity contribution in [1.29, 1.82) is 0 Å². The van der Waals surface area contributed by atoms with Crippen LogP contribution in [0.4, 0.5) is 0 Å². The van der Waals surface area contributed by atoms with E-state index in [1.54, 1.807) is 6.07 Å². The predicted octanol–water partition coefficient (Wildman–Crippen LogP) is 2.75. The summed E-state index contributed by atoms with van der Waals surface area (Å²) in [7, 11) is 0. The normalized spacial score (nSPS) is 16.9. The zero-order valence-corrected chi connectivity index (χ0v) is 8.86. The largest absolute Gasteiger partial charge is 0.477 e. The molecule has 1 fully saturated rings. The first-order valence-corrected chi connectivity index (χ1v) is 5.38. The number of nitrogens with zero attached hydrogens (tertiary/aromatic N) is 1. The lowest BCUT2D eigenvalue weighted by molar-refractivity contribution is 0.0690. The molecule has 15 heavy (non-hydrogen) atoms. The second kappa shape index (κ2) is 4.01. The lowest BCUT2D eigenvalue weighted by Crippen LogP contribution is -2.04. The molecule has 0 unspecified atom stereocenters. The number of carboxylic acids is 1. The van der Waals surface area contributed by atoms with Gasteiger partial charge in [-0.1, -0.05) is 12.8 Å². The van der Waals surface area contributed by atoms with E-state index in [0.717, 1.165) is 11.3 Å². The van der Waals surface area contributed by atoms with Gasteiger partial charge >= 0.3 is 5.97 Å². The Labute approximate surface area is 89.2 Å². The molecule has 1 saturated carbocycles. The van der Waals surface area contributed by atoms with E-state index in [9.17, 15) is 4.79 Å². The van der Waals surface area contributed by atoms with Crippen LogP contribution in [0, 0.1) is 6.92 Å². The molecule has 3 nitrogen and oxygen atoms in total. The summed E-state index contributed by atoms with van der Waals surface area (Å²) in [5.41, 5.74) is 2.13. The van der Waals surface area contributed by atoms with E-state index in [4.69, 9.17) is 5.11 Å². The number of aryl methyl sites for hydroxylation is 1. The highest BCUT2D eigenvalue weighted by Crippen LogP contribution is 2.34. The molecule has 3 heteroatoms. The molecular weight excluding hydrogens is 190 g/mol. The number of carbonyl (C=O) groups is 1. The summed E-state index contributed by atoms with van der Waals surface area (Å²) in [5, 5.41) is 8.91. The van der Waals surface area contributed by atoms with Crippen molar-refractivity contribution >= 4 is 5.97 Å². The van der Waals surface area contributed by atoms with E-state index in [0.29, 0.717) is 5.92 Å². The van der Waals surface area contributed by atoms with Crippen LogP contribution in [0.15, 0.2) is 12.1 Å². The minimum absolute atomic E-state index is 0.178. The summed E-state index contributed by atoms with van der Waals surface area (Å²) in [6.45, 7) is 1.85. The van der Waals surface area contributed by atoms with Crippen LogP contribution in [0.2, 0.25) is 0 Å². The van der Waals surface area contributed by atoms with Crippen LogP contribution < -0.4 is 0 Å². The van der Waals surface area contributed by atoms with Gasteiger partial charge in [0.2, 0.25) is 0 Å². The van der Waals surface area contributed by atoms with Gasteiger partial charge in [-0.05, 0) is 43.4 Å². The molecule has 0 aliphatic heterocycles. The molecule has 0 spiro atoms. The van der Waals surface area contributed by atoms with Gasteiger partial charge in [-0.2, -0.15) is 0 Å². The first-order valence-electron chi connectivity index (χ1n) is 5.38. The van der Waals surface area contributed by atoms with Crippen molar-refractivity contribution in [2.24, 2.45) is 0 Å². The zero-order chi connectivity index (χ0) is 10.8. The van der Waals surface area contributed by atoms with Gasteiger partial charge in [0.25, 0.3) is 0 Å². The molecule has 1 aromatic rings. The smallest absolute Gasteiger partial charge is 0.354 e. The van der Waals surface area contributed by atoms with E-state index in [1.807, 2.05) is 13.0 Å². The number of pyridine rings is 1. The highest BCUT2D eigenvalue weighted by Gasteiger charge is 2.19. The van der Waals surface area contributed by atoms with Crippen molar-refractivity contribution in [2.45, 2.75) is 38.5 Å². The summed E-state index contributed by atoms with van der Waals surface area (Å²) in [6.07, 6.45) is 4.88. The second-order valence-corrected chi connectivity index (χ2v) is 4.21. The fraction of sp³-hybridized carbons (Fsp3) is 0.500. The third-order valence-electron chi connectivity index (χ3n) is 3.02. The first kappa shape index (κ1) is 10.1. The maximum Gasteiger partial charge on any atom is 0.354 e. The van der Waals surface area contributed by atoms with Crippen LogP contribution in [0.25, 0.3) is 0 Å². The van der Waals surface area contributed by atoms with Crippen LogP contribution in [-0.2, 0) is 0 Å². The topological polar surface area (TPSA) is 50.2 Å². The van der Waals surface area contributed by atoms with Gasteiger partial charge in [-0.3, -0.25) is 0 Å². The van der Waals surface area contributed by atoms with Crippen LogP contribution >= 0.6 is 0 Å². The molecule has 0 atom stereocenters. The Bertz CT molecular complexity index is 381. The number of hydrogen-bond acceptors (Lipinski definition) is 2. The van der Waals surface area contributed by atoms with Crippen molar-refractivity contribution in [3.05, 3.63) is 29.1 Å². The fourth-order valence-corrected chi connectivity index (χ4v) is 2.30. The highest BCUT2D eigenvalue weighted by atomic mass is 16.4. The molecule has 2 rings (SSSR count). The van der Waals surface area contributed by atoms with Crippen LogP contribution in [0.3, 0.4) is 0 Å². The first-order chi connectivity index (χ1) is 7.16. The van der Waals surface area contributed by atoms with Gasteiger partial charge in [0.05, 0.1) is 0 Å². The summed E-state index contributed by atoms with van der Waals surface area (Å²) in [5.74, 6) is -0.386. The van der Waals surface area contributed by atoms with Crippen LogP contribution in [-0.4, -0.2) is 16.1 Å². The number of hydrogen-bond donors (Lipinski definition) is 1. The standard InChI is InChI=1S/C12H15NO2/c1-8-6-10(9-4-2-3-5-9)7-11(13-8)12(14)15/h6-7,9H,2-5H2,1H3,(H,14,15). The predicted molar refractivity (Wildman–Crippen MR) is 57.1 cm³/mol. The molecule has 0 radical (unpaired) electrons. The van der Waals surface area contributed by atoms with Gasteiger partial charge in [-0.25, -0.2) is 9.78 Å². The Morgan fingerprint density at radius 2 is 2.07 bits per heavy atom. The average Bonchev–Trinajstić information content (AvgIpc) is 2.69. The Morgan fingerprint density at radius 1 is 1.40 bits per heavy atom. The van der Waals surface area contributed by atoms with Crippen LogP contribution in [0.1, 0.15) is 53.3 Å². The molecule has 0 amide bonds. The van der Waals surface area contributed by atoms with Gasteiger partial charge < -0.3 is 5.11 Å². The minimum atomic E-state index is -0.932. The maximum atomic E-state index is 10.9. The quantitative estimate of drug-likeness (QED) is 0.807. The van der Waals surface area contributed by atoms with Crippen molar-refractivity contribution in [3.8, 4) is 0 Å². The Balaban J connectivity index is 2.34. The monoisotopic (exact) mass is 205 g/mol. The molecule has 1 heterocycles. The molecule has 0 saturated heterocycles. The summed E-state index contributed by atoms with van der Waals surface area (Å²) in [4.78, 5) is 14.9. The van der Waals surface area contributed by atoms with Crippen molar-refractivity contribution < 1.29 is 9.90 Å². The van der Waals surface area contributed by atoms with Gasteiger partial charge in [0.1, 0.15) is 5.69 Å². The fourth-order valence-electron chi connectivity index (χ4n) is 2.30. The van der Waals surface area contributed by atoms with E-state index < -0.39 is 5.97 Å². The highest BCUT2D eigenvalue weighted by molar-refractivity contribution is 5.85. The number of aromatic carboxylic acids is 1. The molecule has 1 N–H and O–H groups in total. The van der Waals surface area contributed by atoms with E-state index in [-0.39, 0.29) is 5.69 Å². The molecule has 0 aromatic carbocycles. The summed E-state index contributed by atoms with van der Waals surface area (Å²) < 4.78 is 0. The average molecular weight is 205 g/mol. The Hall–Kier alpha value is -1.38. The van der Waals surface area contributed by atoms with Gasteiger partial charge in [0, 0.05) is 5.69 Å². The van der Waals surface area contributed by atoms with Crippen molar-refractivity contribution in [2.75, 3.05) is 0 Å². The van der Waals surface area contributed by atoms with E-state index in [1.165, 1.54) is 25.7 Å². The van der Waals surface area contributed by atoms with Crippen LogP contribution in [0.5, 0.6) is 0 Å². The molecule has 1 aromatic heterocycles. The molecule has 80 valence electrons. The third kappa shape index (κ3) is 2.17. The minimum Gasteiger partial charge on any atom is -0.477 e. The number of carboxylic acid groups (broad SMARTS) is 1. The van der Waals surface area contributed by atoms with E-state index in [2.05, 4.69) is 4.98 Å². The SMILES string of the molecule is Cc1cc(C2CCCC2)cc(C(=O)O)n1. The van der Waals surface area contributed by atoms with Crippen molar-refractivity contribution in [3.63, 3.8) is 0 Å². The van der Waals surface area contributed by atoms with Crippen molar-refractivity contribution in [1.82, 2.24) is 4.98 Å². The lowest BCUT2D eigenvalue weighted by Gasteiger charge is -2.10. The van der Waals surface area contributed by atoms with Gasteiger partial charge in [0.15, 0.2) is 0 Å².